The average molecular weight is 288 g/mol. The first-order valence-corrected chi connectivity index (χ1v) is 7.54. The maximum atomic E-state index is 12.4. The van der Waals surface area contributed by atoms with Crippen LogP contribution >= 0.6 is 11.3 Å². The van der Waals surface area contributed by atoms with E-state index < -0.39 is 16.2 Å². The smallest absolute Gasteiger partial charge is 0.254 e. The van der Waals surface area contributed by atoms with E-state index in [2.05, 4.69) is 4.99 Å². The zero-order valence-corrected chi connectivity index (χ0v) is 11.3. The molecule has 0 N–H and O–H groups in total. The zero-order valence-electron chi connectivity index (χ0n) is 9.70. The van der Waals surface area contributed by atoms with Crippen LogP contribution in [0.25, 0.3) is 0 Å². The summed E-state index contributed by atoms with van der Waals surface area (Å²) in [6.45, 7) is 2.41. The molecular formula is C10H12N2O4S2. The maximum Gasteiger partial charge on any atom is 0.254 e. The number of aliphatic imine (C=N–C) groups is 1. The van der Waals surface area contributed by atoms with Gasteiger partial charge in [-0.05, 0) is 19.1 Å². The SMILES string of the molecule is Cc1ccc(S(=O)(=O)N2CCOCC2N=C=O)s1. The van der Waals surface area contributed by atoms with Gasteiger partial charge in [-0.25, -0.2) is 13.2 Å². The second-order valence-corrected chi connectivity index (χ2v) is 7.16. The topological polar surface area (TPSA) is 76.0 Å². The molecule has 0 aliphatic carbocycles. The van der Waals surface area contributed by atoms with Crippen molar-refractivity contribution in [3.05, 3.63) is 17.0 Å². The normalized spacial score (nSPS) is 21.5. The molecule has 2 rings (SSSR count). The Bertz CT molecular complexity index is 574. The number of sulfonamides is 1. The van der Waals surface area contributed by atoms with Crippen LogP contribution in [0.15, 0.2) is 21.3 Å². The van der Waals surface area contributed by atoms with Gasteiger partial charge in [0.25, 0.3) is 10.0 Å². The number of morpholine rings is 1. The molecule has 0 spiro atoms. The second-order valence-electron chi connectivity index (χ2n) is 3.76. The van der Waals surface area contributed by atoms with E-state index in [1.54, 1.807) is 12.1 Å². The van der Waals surface area contributed by atoms with Gasteiger partial charge in [0.2, 0.25) is 6.08 Å². The first kappa shape index (κ1) is 13.4. The lowest BCUT2D eigenvalue weighted by Crippen LogP contribution is -2.47. The van der Waals surface area contributed by atoms with Crippen molar-refractivity contribution in [2.75, 3.05) is 19.8 Å². The third kappa shape index (κ3) is 2.52. The third-order valence-corrected chi connectivity index (χ3v) is 5.90. The van der Waals surface area contributed by atoms with Crippen LogP contribution in [0.5, 0.6) is 0 Å². The Labute approximate surface area is 109 Å². The molecule has 0 amide bonds. The summed E-state index contributed by atoms with van der Waals surface area (Å²) in [6.07, 6.45) is 0.572. The van der Waals surface area contributed by atoms with Crippen LogP contribution in [-0.2, 0) is 19.6 Å². The second kappa shape index (κ2) is 5.29. The number of hydrogen-bond donors (Lipinski definition) is 0. The van der Waals surface area contributed by atoms with Crippen LogP contribution < -0.4 is 0 Å². The lowest BCUT2D eigenvalue weighted by molar-refractivity contribution is 0.0360. The minimum absolute atomic E-state index is 0.0822. The summed E-state index contributed by atoms with van der Waals surface area (Å²) in [5.74, 6) is 0. The summed E-state index contributed by atoms with van der Waals surface area (Å²) < 4.78 is 31.3. The van der Waals surface area contributed by atoms with Gasteiger partial charge >= 0.3 is 0 Å². The van der Waals surface area contributed by atoms with E-state index in [-0.39, 0.29) is 17.4 Å². The summed E-state index contributed by atoms with van der Waals surface area (Å²) in [5, 5.41) is 0. The number of isocyanates is 1. The number of ether oxygens (including phenoxy) is 1. The first-order valence-electron chi connectivity index (χ1n) is 5.28. The number of nitrogens with zero attached hydrogens (tertiary/aromatic N) is 2. The molecule has 1 aromatic rings. The van der Waals surface area contributed by atoms with Gasteiger partial charge in [0.1, 0.15) is 4.21 Å². The Morgan fingerprint density at radius 2 is 2.33 bits per heavy atom. The van der Waals surface area contributed by atoms with Crippen molar-refractivity contribution in [1.29, 1.82) is 0 Å². The van der Waals surface area contributed by atoms with Crippen molar-refractivity contribution in [3.63, 3.8) is 0 Å². The minimum Gasteiger partial charge on any atom is -0.376 e. The maximum absolute atomic E-state index is 12.4. The number of thiophene rings is 1. The molecule has 1 aliphatic heterocycles. The molecule has 18 heavy (non-hydrogen) atoms. The number of aryl methyl sites for hydroxylation is 1. The molecule has 1 fully saturated rings. The van der Waals surface area contributed by atoms with E-state index in [9.17, 15) is 13.2 Å². The summed E-state index contributed by atoms with van der Waals surface area (Å²) >= 11 is 1.20. The van der Waals surface area contributed by atoms with Crippen LogP contribution in [0.2, 0.25) is 0 Å². The van der Waals surface area contributed by atoms with Crippen LogP contribution in [0, 0.1) is 6.92 Å². The summed E-state index contributed by atoms with van der Waals surface area (Å²) in [7, 11) is -3.61. The Balaban J connectivity index is 2.35. The first-order chi connectivity index (χ1) is 8.55. The molecule has 2 heterocycles. The molecule has 1 atom stereocenters. The molecule has 6 nitrogen and oxygen atoms in total. The number of rotatable bonds is 3. The lowest BCUT2D eigenvalue weighted by Gasteiger charge is -2.30. The molecule has 0 saturated carbocycles. The predicted octanol–water partition coefficient (Wildman–Crippen LogP) is 0.739. The molecule has 8 heteroatoms. The highest BCUT2D eigenvalue weighted by Gasteiger charge is 2.34. The van der Waals surface area contributed by atoms with Crippen molar-refractivity contribution in [2.24, 2.45) is 4.99 Å². The molecule has 0 bridgehead atoms. The minimum atomic E-state index is -3.61. The van der Waals surface area contributed by atoms with Gasteiger partial charge in [-0.15, -0.1) is 11.3 Å². The summed E-state index contributed by atoms with van der Waals surface area (Å²) in [6, 6.07) is 3.31. The number of hydrogen-bond acceptors (Lipinski definition) is 6. The third-order valence-electron chi connectivity index (χ3n) is 2.54. The van der Waals surface area contributed by atoms with Crippen LogP contribution in [-0.4, -0.2) is 44.7 Å². The average Bonchev–Trinajstić information content (AvgIpc) is 2.78. The number of carbonyl (C=O) groups excluding carboxylic acids is 1. The van der Waals surface area contributed by atoms with Gasteiger partial charge in [-0.2, -0.15) is 9.30 Å². The molecule has 0 aromatic carbocycles. The van der Waals surface area contributed by atoms with E-state index in [0.717, 1.165) is 4.88 Å². The van der Waals surface area contributed by atoms with E-state index in [1.165, 1.54) is 21.7 Å². The Kier molecular flexibility index (Phi) is 3.94. The van der Waals surface area contributed by atoms with Crippen molar-refractivity contribution < 1.29 is 17.9 Å². The monoisotopic (exact) mass is 288 g/mol. The summed E-state index contributed by atoms with van der Waals surface area (Å²) in [5.41, 5.74) is 0. The highest BCUT2D eigenvalue weighted by atomic mass is 32.2. The molecular weight excluding hydrogens is 276 g/mol. The van der Waals surface area contributed by atoms with Crippen molar-refractivity contribution in [3.8, 4) is 0 Å². The van der Waals surface area contributed by atoms with Crippen molar-refractivity contribution in [2.45, 2.75) is 17.3 Å². The van der Waals surface area contributed by atoms with E-state index in [4.69, 9.17) is 4.74 Å². The van der Waals surface area contributed by atoms with Gasteiger partial charge in [0, 0.05) is 11.4 Å². The van der Waals surface area contributed by atoms with Crippen LogP contribution in [0.1, 0.15) is 4.88 Å². The molecule has 1 unspecified atom stereocenters. The van der Waals surface area contributed by atoms with Crippen molar-refractivity contribution >= 4 is 27.4 Å². The Morgan fingerprint density at radius 1 is 1.56 bits per heavy atom. The molecule has 98 valence electrons. The molecule has 0 radical (unpaired) electrons. The fraction of sp³-hybridized carbons (Fsp3) is 0.500. The Morgan fingerprint density at radius 3 is 2.94 bits per heavy atom. The van der Waals surface area contributed by atoms with Crippen LogP contribution in [0.4, 0.5) is 0 Å². The van der Waals surface area contributed by atoms with Gasteiger partial charge < -0.3 is 4.74 Å². The van der Waals surface area contributed by atoms with Gasteiger partial charge in [-0.1, -0.05) is 0 Å². The molecule has 1 saturated heterocycles. The van der Waals surface area contributed by atoms with Crippen molar-refractivity contribution in [1.82, 2.24) is 4.31 Å². The van der Waals surface area contributed by atoms with Gasteiger partial charge in [-0.3, -0.25) is 0 Å². The predicted molar refractivity (Wildman–Crippen MR) is 65.7 cm³/mol. The highest BCUT2D eigenvalue weighted by Crippen LogP contribution is 2.26. The molecule has 1 aliphatic rings. The highest BCUT2D eigenvalue weighted by molar-refractivity contribution is 7.91. The van der Waals surface area contributed by atoms with E-state index in [1.807, 2.05) is 6.92 Å². The Hall–Kier alpha value is -1.05. The standard InChI is InChI=1S/C10H12N2O4S2/c1-8-2-3-10(17-8)18(14,15)12-4-5-16-6-9(12)11-7-13/h2-3,9H,4-6H2,1H3. The fourth-order valence-electron chi connectivity index (χ4n) is 1.68. The summed E-state index contributed by atoms with van der Waals surface area (Å²) in [4.78, 5) is 14.7. The van der Waals surface area contributed by atoms with Gasteiger partial charge in [0.05, 0.1) is 13.2 Å². The quantitative estimate of drug-likeness (QED) is 0.607. The van der Waals surface area contributed by atoms with Gasteiger partial charge in [0.15, 0.2) is 6.17 Å². The largest absolute Gasteiger partial charge is 0.376 e. The zero-order chi connectivity index (χ0) is 13.2. The fourth-order valence-corrected chi connectivity index (χ4v) is 4.59. The van der Waals surface area contributed by atoms with Crippen LogP contribution in [0.3, 0.4) is 0 Å². The van der Waals surface area contributed by atoms with E-state index in [0.29, 0.717) is 6.61 Å². The van der Waals surface area contributed by atoms with E-state index >= 15 is 0 Å². The lowest BCUT2D eigenvalue weighted by atomic mass is 10.4. The molecule has 1 aromatic heterocycles.